The van der Waals surface area contributed by atoms with Crippen LogP contribution in [0.3, 0.4) is 0 Å². The molecule has 1 N–H and O–H groups in total. The highest BCUT2D eigenvalue weighted by Crippen LogP contribution is 2.25. The zero-order valence-electron chi connectivity index (χ0n) is 9.53. The van der Waals surface area contributed by atoms with Crippen molar-refractivity contribution in [3.05, 3.63) is 28.2 Å². The largest absolute Gasteiger partial charge is 0.483 e. The van der Waals surface area contributed by atoms with E-state index in [9.17, 15) is 9.59 Å². The Morgan fingerprint density at radius 3 is 2.88 bits per heavy atom. The van der Waals surface area contributed by atoms with E-state index in [0.29, 0.717) is 22.3 Å². The lowest BCUT2D eigenvalue weighted by molar-refractivity contribution is -0.123. The summed E-state index contributed by atoms with van der Waals surface area (Å²) >= 11 is 3.28. The SMILES string of the molecule is CCCNC(=O)COc1ccc(C=O)cc1Br. The van der Waals surface area contributed by atoms with Gasteiger partial charge in [0.1, 0.15) is 12.0 Å². The third kappa shape index (κ3) is 4.56. The van der Waals surface area contributed by atoms with Crippen LogP contribution in [0.25, 0.3) is 0 Å². The van der Waals surface area contributed by atoms with Crippen molar-refractivity contribution in [3.8, 4) is 5.75 Å². The number of nitrogens with one attached hydrogen (secondary N) is 1. The third-order valence-electron chi connectivity index (χ3n) is 2.02. The van der Waals surface area contributed by atoms with Crippen LogP contribution in [0.15, 0.2) is 22.7 Å². The number of hydrogen-bond donors (Lipinski definition) is 1. The highest BCUT2D eigenvalue weighted by atomic mass is 79.9. The van der Waals surface area contributed by atoms with Gasteiger partial charge in [0.25, 0.3) is 5.91 Å². The lowest BCUT2D eigenvalue weighted by Crippen LogP contribution is -2.29. The summed E-state index contributed by atoms with van der Waals surface area (Å²) in [7, 11) is 0. The summed E-state index contributed by atoms with van der Waals surface area (Å²) in [6.07, 6.45) is 1.64. The number of halogens is 1. The summed E-state index contributed by atoms with van der Waals surface area (Å²) < 4.78 is 5.98. The van der Waals surface area contributed by atoms with E-state index >= 15 is 0 Å². The van der Waals surface area contributed by atoms with Crippen LogP contribution in [0.5, 0.6) is 5.75 Å². The number of amides is 1. The normalized spacial score (nSPS) is 9.76. The maximum atomic E-state index is 11.3. The van der Waals surface area contributed by atoms with Crippen LogP contribution >= 0.6 is 15.9 Å². The Bertz CT molecular complexity index is 407. The summed E-state index contributed by atoms with van der Waals surface area (Å²) in [5.41, 5.74) is 0.555. The van der Waals surface area contributed by atoms with Gasteiger partial charge in [-0.15, -0.1) is 0 Å². The Hall–Kier alpha value is -1.36. The fraction of sp³-hybridized carbons (Fsp3) is 0.333. The highest BCUT2D eigenvalue weighted by Gasteiger charge is 2.05. The van der Waals surface area contributed by atoms with Crippen LogP contribution < -0.4 is 10.1 Å². The molecule has 0 aliphatic rings. The minimum absolute atomic E-state index is 0.0287. The van der Waals surface area contributed by atoms with E-state index in [4.69, 9.17) is 4.74 Å². The van der Waals surface area contributed by atoms with Crippen LogP contribution in [0.2, 0.25) is 0 Å². The molecule has 0 saturated heterocycles. The Kier molecular flexibility index (Phi) is 5.69. The quantitative estimate of drug-likeness (QED) is 0.819. The molecule has 0 heterocycles. The van der Waals surface area contributed by atoms with Gasteiger partial charge in [-0.25, -0.2) is 0 Å². The summed E-state index contributed by atoms with van der Waals surface area (Å²) in [4.78, 5) is 21.8. The molecule has 0 unspecified atom stereocenters. The summed E-state index contributed by atoms with van der Waals surface area (Å²) in [5.74, 6) is 0.389. The van der Waals surface area contributed by atoms with Crippen molar-refractivity contribution in [2.45, 2.75) is 13.3 Å². The lowest BCUT2D eigenvalue weighted by atomic mass is 10.2. The number of carbonyl (C=O) groups excluding carboxylic acids is 2. The van der Waals surface area contributed by atoms with Crippen molar-refractivity contribution < 1.29 is 14.3 Å². The monoisotopic (exact) mass is 299 g/mol. The fourth-order valence-corrected chi connectivity index (χ4v) is 1.68. The summed E-state index contributed by atoms with van der Waals surface area (Å²) in [5, 5.41) is 2.71. The molecule has 0 aliphatic heterocycles. The minimum atomic E-state index is -0.154. The van der Waals surface area contributed by atoms with Crippen LogP contribution in [0, 0.1) is 0 Å². The standard InChI is InChI=1S/C12H14BrNO3/c1-2-5-14-12(16)8-17-11-4-3-9(7-15)6-10(11)13/h3-4,6-7H,2,5,8H2,1H3,(H,14,16). The molecule has 0 saturated carbocycles. The van der Waals surface area contributed by atoms with Gasteiger partial charge in [-0.05, 0) is 40.5 Å². The van der Waals surface area contributed by atoms with E-state index in [2.05, 4.69) is 21.2 Å². The molecule has 1 amide bonds. The molecule has 4 nitrogen and oxygen atoms in total. The Morgan fingerprint density at radius 2 is 2.29 bits per heavy atom. The smallest absolute Gasteiger partial charge is 0.257 e. The van der Waals surface area contributed by atoms with Gasteiger partial charge < -0.3 is 10.1 Å². The van der Waals surface area contributed by atoms with E-state index in [1.165, 1.54) is 0 Å². The van der Waals surface area contributed by atoms with E-state index < -0.39 is 0 Å². The molecule has 0 atom stereocenters. The number of aldehydes is 1. The Balaban J connectivity index is 2.51. The molecule has 17 heavy (non-hydrogen) atoms. The van der Waals surface area contributed by atoms with Gasteiger partial charge in [0.15, 0.2) is 6.61 Å². The molecule has 0 bridgehead atoms. The molecular weight excluding hydrogens is 286 g/mol. The second-order valence-corrected chi connectivity index (χ2v) is 4.30. The van der Waals surface area contributed by atoms with Crippen LogP contribution in [-0.4, -0.2) is 25.3 Å². The highest BCUT2D eigenvalue weighted by molar-refractivity contribution is 9.10. The maximum Gasteiger partial charge on any atom is 0.257 e. The predicted octanol–water partition coefficient (Wildman–Crippen LogP) is 2.17. The first-order chi connectivity index (χ1) is 8.17. The predicted molar refractivity (Wildman–Crippen MR) is 68.3 cm³/mol. The van der Waals surface area contributed by atoms with Gasteiger partial charge >= 0.3 is 0 Å². The first-order valence-electron chi connectivity index (χ1n) is 5.31. The van der Waals surface area contributed by atoms with Gasteiger partial charge in [-0.3, -0.25) is 9.59 Å². The number of hydrogen-bond acceptors (Lipinski definition) is 3. The zero-order valence-corrected chi connectivity index (χ0v) is 11.1. The molecule has 1 rings (SSSR count). The van der Waals surface area contributed by atoms with Gasteiger partial charge in [0, 0.05) is 12.1 Å². The average molecular weight is 300 g/mol. The molecule has 92 valence electrons. The number of rotatable bonds is 6. The van der Waals surface area contributed by atoms with Crippen LogP contribution in [0.4, 0.5) is 0 Å². The Labute approximate surface area is 108 Å². The second kappa shape index (κ2) is 7.06. The van der Waals surface area contributed by atoms with Crippen molar-refractivity contribution in [3.63, 3.8) is 0 Å². The molecule has 0 aliphatic carbocycles. The molecule has 0 spiro atoms. The number of ether oxygens (including phenoxy) is 1. The molecule has 1 aromatic carbocycles. The van der Waals surface area contributed by atoms with Crippen LogP contribution in [-0.2, 0) is 4.79 Å². The molecule has 0 aromatic heterocycles. The van der Waals surface area contributed by atoms with Gasteiger partial charge in [-0.1, -0.05) is 6.92 Å². The van der Waals surface area contributed by atoms with Crippen molar-refractivity contribution in [1.29, 1.82) is 0 Å². The molecule has 1 aromatic rings. The molecule has 0 fully saturated rings. The fourth-order valence-electron chi connectivity index (χ4n) is 1.17. The number of carbonyl (C=O) groups is 2. The number of benzene rings is 1. The molecular formula is C12H14BrNO3. The van der Waals surface area contributed by atoms with Gasteiger partial charge in [0.05, 0.1) is 4.47 Å². The summed E-state index contributed by atoms with van der Waals surface area (Å²) in [6.45, 7) is 2.60. The lowest BCUT2D eigenvalue weighted by Gasteiger charge is -2.08. The summed E-state index contributed by atoms with van der Waals surface area (Å²) in [6, 6.07) is 4.93. The van der Waals surface area contributed by atoms with Crippen molar-refractivity contribution in [1.82, 2.24) is 5.32 Å². The molecule has 0 radical (unpaired) electrons. The van der Waals surface area contributed by atoms with Crippen molar-refractivity contribution in [2.75, 3.05) is 13.2 Å². The maximum absolute atomic E-state index is 11.3. The second-order valence-electron chi connectivity index (χ2n) is 3.45. The van der Waals surface area contributed by atoms with Gasteiger partial charge in [-0.2, -0.15) is 0 Å². The van der Waals surface area contributed by atoms with Crippen molar-refractivity contribution in [2.24, 2.45) is 0 Å². The van der Waals surface area contributed by atoms with E-state index in [0.717, 1.165) is 12.7 Å². The van der Waals surface area contributed by atoms with E-state index in [-0.39, 0.29) is 12.5 Å². The zero-order chi connectivity index (χ0) is 12.7. The first kappa shape index (κ1) is 13.7. The molecule has 5 heteroatoms. The van der Waals surface area contributed by atoms with Crippen LogP contribution in [0.1, 0.15) is 23.7 Å². The van der Waals surface area contributed by atoms with E-state index in [1.54, 1.807) is 18.2 Å². The average Bonchev–Trinajstić information content (AvgIpc) is 2.34. The minimum Gasteiger partial charge on any atom is -0.483 e. The van der Waals surface area contributed by atoms with Crippen molar-refractivity contribution >= 4 is 28.1 Å². The Morgan fingerprint density at radius 1 is 1.53 bits per heavy atom. The topological polar surface area (TPSA) is 55.4 Å². The van der Waals surface area contributed by atoms with Gasteiger partial charge in [0.2, 0.25) is 0 Å². The first-order valence-corrected chi connectivity index (χ1v) is 6.11. The van der Waals surface area contributed by atoms with E-state index in [1.807, 2.05) is 6.92 Å². The third-order valence-corrected chi connectivity index (χ3v) is 2.64.